The van der Waals surface area contributed by atoms with Gasteiger partial charge in [-0.1, -0.05) is 27.7 Å². The quantitative estimate of drug-likeness (QED) is 0.699. The van der Waals surface area contributed by atoms with E-state index in [4.69, 9.17) is 5.11 Å². The van der Waals surface area contributed by atoms with Crippen LogP contribution in [0, 0.1) is 29.6 Å². The number of Topliss-reactive ketones (excluding diaryl/α,β-unsaturated/α-hetero) is 1. The molecular formula is C11H18O3. The summed E-state index contributed by atoms with van der Waals surface area (Å²) in [6.45, 7) is 7.54. The first-order valence-corrected chi connectivity index (χ1v) is 5.14. The highest BCUT2D eigenvalue weighted by Crippen LogP contribution is 2.39. The molecule has 0 aromatic carbocycles. The minimum atomic E-state index is -0.836. The number of carbonyl (C=O) groups is 2. The Kier molecular flexibility index (Phi) is 2.98. The molecule has 0 radical (unpaired) electrons. The lowest BCUT2D eigenvalue weighted by Gasteiger charge is -2.39. The molecule has 0 spiro atoms. The van der Waals surface area contributed by atoms with Crippen LogP contribution in [0.5, 0.6) is 0 Å². The van der Waals surface area contributed by atoms with Crippen molar-refractivity contribution in [3.05, 3.63) is 0 Å². The third-order valence-corrected chi connectivity index (χ3v) is 3.91. The third kappa shape index (κ3) is 1.56. The van der Waals surface area contributed by atoms with Crippen molar-refractivity contribution >= 4 is 11.8 Å². The van der Waals surface area contributed by atoms with Gasteiger partial charge in [-0.05, 0) is 11.8 Å². The Morgan fingerprint density at radius 2 is 1.57 bits per heavy atom. The number of carbonyl (C=O) groups excluding carboxylic acids is 1. The van der Waals surface area contributed by atoms with Gasteiger partial charge in [-0.2, -0.15) is 0 Å². The number of ketones is 1. The van der Waals surface area contributed by atoms with Crippen molar-refractivity contribution in [2.75, 3.05) is 0 Å². The molecular weight excluding hydrogens is 180 g/mol. The fraction of sp³-hybridized carbons (Fsp3) is 0.818. The molecule has 80 valence electrons. The number of aliphatic carboxylic acids is 1. The van der Waals surface area contributed by atoms with Crippen molar-refractivity contribution in [3.63, 3.8) is 0 Å². The van der Waals surface area contributed by atoms with Gasteiger partial charge in [0.1, 0.15) is 5.78 Å². The number of rotatable bonds is 1. The largest absolute Gasteiger partial charge is 0.481 e. The topological polar surface area (TPSA) is 54.4 Å². The van der Waals surface area contributed by atoms with E-state index in [1.165, 1.54) is 0 Å². The smallest absolute Gasteiger partial charge is 0.307 e. The first-order valence-electron chi connectivity index (χ1n) is 5.14. The van der Waals surface area contributed by atoms with E-state index in [-0.39, 0.29) is 29.5 Å². The van der Waals surface area contributed by atoms with E-state index in [0.717, 1.165) is 0 Å². The molecule has 5 unspecified atom stereocenters. The molecule has 0 saturated heterocycles. The number of hydrogen-bond donors (Lipinski definition) is 1. The Bertz CT molecular complexity index is 259. The lowest BCUT2D eigenvalue weighted by Crippen LogP contribution is -2.45. The highest BCUT2D eigenvalue weighted by Gasteiger charge is 2.45. The fourth-order valence-electron chi connectivity index (χ4n) is 2.53. The summed E-state index contributed by atoms with van der Waals surface area (Å²) in [5.41, 5.74) is 0. The standard InChI is InChI=1S/C11H18O3/c1-5-6(2)9(11(13)14)8(4)10(12)7(5)3/h5-9H,1-4H3,(H,13,14). The molecule has 0 aliphatic heterocycles. The SMILES string of the molecule is CC1C(=O)C(C)C(C(=O)O)C(C)C1C. The first-order chi connectivity index (χ1) is 6.37. The summed E-state index contributed by atoms with van der Waals surface area (Å²) in [5, 5.41) is 9.05. The molecule has 1 N–H and O–H groups in total. The van der Waals surface area contributed by atoms with Crippen molar-refractivity contribution in [3.8, 4) is 0 Å². The highest BCUT2D eigenvalue weighted by atomic mass is 16.4. The van der Waals surface area contributed by atoms with E-state index in [0.29, 0.717) is 0 Å². The van der Waals surface area contributed by atoms with E-state index in [1.807, 2.05) is 20.8 Å². The maximum atomic E-state index is 11.7. The first kappa shape index (κ1) is 11.2. The Hall–Kier alpha value is -0.860. The van der Waals surface area contributed by atoms with Crippen molar-refractivity contribution in [1.29, 1.82) is 0 Å². The second-order valence-corrected chi connectivity index (χ2v) is 4.56. The Morgan fingerprint density at radius 3 is 2.00 bits per heavy atom. The average molecular weight is 198 g/mol. The maximum absolute atomic E-state index is 11.7. The van der Waals surface area contributed by atoms with Crippen LogP contribution in [0.2, 0.25) is 0 Å². The van der Waals surface area contributed by atoms with Crippen molar-refractivity contribution in [1.82, 2.24) is 0 Å². The average Bonchev–Trinajstić information content (AvgIpc) is 2.11. The minimum Gasteiger partial charge on any atom is -0.481 e. The molecule has 1 saturated carbocycles. The number of carboxylic acid groups (broad SMARTS) is 1. The number of hydrogen-bond acceptors (Lipinski definition) is 2. The van der Waals surface area contributed by atoms with Gasteiger partial charge in [-0.3, -0.25) is 9.59 Å². The summed E-state index contributed by atoms with van der Waals surface area (Å²) in [5.74, 6) is -1.34. The van der Waals surface area contributed by atoms with Crippen molar-refractivity contribution in [2.24, 2.45) is 29.6 Å². The third-order valence-electron chi connectivity index (χ3n) is 3.91. The van der Waals surface area contributed by atoms with Gasteiger partial charge in [-0.25, -0.2) is 0 Å². The molecule has 14 heavy (non-hydrogen) atoms. The Labute approximate surface area is 84.5 Å². The molecule has 1 aliphatic rings. The van der Waals surface area contributed by atoms with Crippen LogP contribution in [0.15, 0.2) is 0 Å². The molecule has 0 aromatic rings. The van der Waals surface area contributed by atoms with Gasteiger partial charge in [0.25, 0.3) is 0 Å². The van der Waals surface area contributed by atoms with Gasteiger partial charge < -0.3 is 5.11 Å². The molecule has 1 aliphatic carbocycles. The molecule has 3 heteroatoms. The molecule has 3 nitrogen and oxygen atoms in total. The van der Waals surface area contributed by atoms with E-state index in [1.54, 1.807) is 6.92 Å². The monoisotopic (exact) mass is 198 g/mol. The zero-order valence-corrected chi connectivity index (χ0v) is 9.15. The normalized spacial score (nSPS) is 43.7. The van der Waals surface area contributed by atoms with Gasteiger partial charge >= 0.3 is 5.97 Å². The van der Waals surface area contributed by atoms with Gasteiger partial charge in [0.2, 0.25) is 0 Å². The molecule has 0 bridgehead atoms. The van der Waals surface area contributed by atoms with Crippen LogP contribution in [0.3, 0.4) is 0 Å². The minimum absolute atomic E-state index is 0.00407. The summed E-state index contributed by atoms with van der Waals surface area (Å²) in [6, 6.07) is 0. The summed E-state index contributed by atoms with van der Waals surface area (Å²) < 4.78 is 0. The Morgan fingerprint density at radius 1 is 1.07 bits per heavy atom. The zero-order chi connectivity index (χ0) is 11.0. The van der Waals surface area contributed by atoms with Crippen LogP contribution in [0.1, 0.15) is 27.7 Å². The van der Waals surface area contributed by atoms with Crippen molar-refractivity contribution < 1.29 is 14.7 Å². The van der Waals surface area contributed by atoms with Crippen LogP contribution >= 0.6 is 0 Å². The zero-order valence-electron chi connectivity index (χ0n) is 9.15. The fourth-order valence-corrected chi connectivity index (χ4v) is 2.53. The molecule has 5 atom stereocenters. The van der Waals surface area contributed by atoms with E-state index in [9.17, 15) is 9.59 Å². The van der Waals surface area contributed by atoms with Crippen LogP contribution in [0.4, 0.5) is 0 Å². The van der Waals surface area contributed by atoms with Crippen LogP contribution < -0.4 is 0 Å². The lowest BCUT2D eigenvalue weighted by molar-refractivity contribution is -0.155. The van der Waals surface area contributed by atoms with Crippen molar-refractivity contribution in [2.45, 2.75) is 27.7 Å². The van der Waals surface area contributed by atoms with E-state index >= 15 is 0 Å². The Balaban J connectivity index is 2.98. The van der Waals surface area contributed by atoms with Gasteiger partial charge in [0.15, 0.2) is 0 Å². The lowest BCUT2D eigenvalue weighted by atomic mass is 9.63. The second-order valence-electron chi connectivity index (χ2n) is 4.56. The van der Waals surface area contributed by atoms with Crippen LogP contribution in [0.25, 0.3) is 0 Å². The van der Waals surface area contributed by atoms with E-state index < -0.39 is 11.9 Å². The molecule has 1 rings (SSSR count). The summed E-state index contributed by atoms with van der Waals surface area (Å²) in [6.07, 6.45) is 0. The predicted molar refractivity (Wildman–Crippen MR) is 52.8 cm³/mol. The number of carboxylic acids is 1. The van der Waals surface area contributed by atoms with Gasteiger partial charge in [-0.15, -0.1) is 0 Å². The van der Waals surface area contributed by atoms with Crippen LogP contribution in [-0.2, 0) is 9.59 Å². The molecule has 1 fully saturated rings. The summed E-state index contributed by atoms with van der Waals surface area (Å²) >= 11 is 0. The summed E-state index contributed by atoms with van der Waals surface area (Å²) in [7, 11) is 0. The van der Waals surface area contributed by atoms with Gasteiger partial charge in [0, 0.05) is 11.8 Å². The molecule has 0 heterocycles. The predicted octanol–water partition coefficient (Wildman–Crippen LogP) is 1.81. The molecule has 0 aromatic heterocycles. The van der Waals surface area contributed by atoms with E-state index in [2.05, 4.69) is 0 Å². The molecule has 0 amide bonds. The maximum Gasteiger partial charge on any atom is 0.307 e. The highest BCUT2D eigenvalue weighted by molar-refractivity contribution is 5.89. The second kappa shape index (κ2) is 3.71. The summed E-state index contributed by atoms with van der Waals surface area (Å²) in [4.78, 5) is 22.8. The van der Waals surface area contributed by atoms with Crippen LogP contribution in [-0.4, -0.2) is 16.9 Å². The van der Waals surface area contributed by atoms with Gasteiger partial charge in [0.05, 0.1) is 5.92 Å².